The van der Waals surface area contributed by atoms with Gasteiger partial charge in [-0.3, -0.25) is 4.79 Å². The number of likely N-dealkylation sites (N-methyl/N-ethyl adjacent to an activating group) is 1. The zero-order valence-electron chi connectivity index (χ0n) is 13.9. The molecule has 2 aliphatic rings. The van der Waals surface area contributed by atoms with Crippen LogP contribution in [0.5, 0.6) is 0 Å². The molecule has 3 unspecified atom stereocenters. The highest BCUT2D eigenvalue weighted by Crippen LogP contribution is 2.41. The summed E-state index contributed by atoms with van der Waals surface area (Å²) in [6, 6.07) is 0.541. The molecule has 0 heterocycles. The monoisotopic (exact) mass is 296 g/mol. The molecule has 4 heteroatoms. The molecule has 0 aromatic heterocycles. The number of hydrogen-bond acceptors (Lipinski definition) is 3. The van der Waals surface area contributed by atoms with E-state index < -0.39 is 11.5 Å². The number of aliphatic carboxylic acids is 1. The van der Waals surface area contributed by atoms with Gasteiger partial charge in [0.2, 0.25) is 0 Å². The second-order valence-electron chi connectivity index (χ2n) is 7.22. The first kappa shape index (κ1) is 16.8. The highest BCUT2D eigenvalue weighted by atomic mass is 16.4. The number of carbonyl (C=O) groups is 1. The largest absolute Gasteiger partial charge is 0.480 e. The highest BCUT2D eigenvalue weighted by Gasteiger charge is 2.52. The zero-order chi connectivity index (χ0) is 15.5. The molecule has 0 aromatic rings. The number of rotatable bonds is 8. The predicted molar refractivity (Wildman–Crippen MR) is 85.4 cm³/mol. The summed E-state index contributed by atoms with van der Waals surface area (Å²) < 4.78 is 0. The Hall–Kier alpha value is -0.610. The normalized spacial score (nSPS) is 29.3. The van der Waals surface area contributed by atoms with Crippen molar-refractivity contribution in [2.75, 3.05) is 20.1 Å². The lowest BCUT2D eigenvalue weighted by Gasteiger charge is -2.41. The van der Waals surface area contributed by atoms with E-state index in [0.29, 0.717) is 24.4 Å². The van der Waals surface area contributed by atoms with Crippen LogP contribution in [0.4, 0.5) is 0 Å². The van der Waals surface area contributed by atoms with Crippen LogP contribution in [0.2, 0.25) is 0 Å². The van der Waals surface area contributed by atoms with Crippen molar-refractivity contribution in [3.63, 3.8) is 0 Å². The Balaban J connectivity index is 2.07. The smallest absolute Gasteiger partial charge is 0.325 e. The fourth-order valence-electron chi connectivity index (χ4n) is 4.03. The SMILES string of the molecule is CCCNC(CN(C)C1CCCCC1C)(C(=O)O)C1CC1. The quantitative estimate of drug-likeness (QED) is 0.723. The summed E-state index contributed by atoms with van der Waals surface area (Å²) in [5.41, 5.74) is -0.734. The number of carboxylic acid groups (broad SMARTS) is 1. The predicted octanol–water partition coefficient (Wildman–Crippen LogP) is 2.73. The molecule has 3 atom stereocenters. The summed E-state index contributed by atoms with van der Waals surface area (Å²) in [7, 11) is 2.13. The Morgan fingerprint density at radius 3 is 2.48 bits per heavy atom. The van der Waals surface area contributed by atoms with Crippen LogP contribution in [-0.2, 0) is 4.79 Å². The van der Waals surface area contributed by atoms with Gasteiger partial charge in [-0.1, -0.05) is 26.7 Å². The third-order valence-electron chi connectivity index (χ3n) is 5.48. The Labute approximate surface area is 129 Å². The molecule has 0 spiro atoms. The van der Waals surface area contributed by atoms with E-state index in [1.54, 1.807) is 0 Å². The Kier molecular flexibility index (Phi) is 5.67. The third kappa shape index (κ3) is 3.78. The van der Waals surface area contributed by atoms with Gasteiger partial charge < -0.3 is 15.3 Å². The van der Waals surface area contributed by atoms with Gasteiger partial charge in [0.1, 0.15) is 5.54 Å². The van der Waals surface area contributed by atoms with Gasteiger partial charge in [-0.25, -0.2) is 0 Å². The summed E-state index contributed by atoms with van der Waals surface area (Å²) >= 11 is 0. The molecule has 2 fully saturated rings. The van der Waals surface area contributed by atoms with E-state index in [1.165, 1.54) is 25.7 Å². The lowest BCUT2D eigenvalue weighted by molar-refractivity contribution is -0.147. The lowest BCUT2D eigenvalue weighted by Crippen LogP contribution is -2.62. The van der Waals surface area contributed by atoms with Crippen molar-refractivity contribution in [2.24, 2.45) is 11.8 Å². The van der Waals surface area contributed by atoms with Gasteiger partial charge in [0.15, 0.2) is 0 Å². The van der Waals surface area contributed by atoms with Gasteiger partial charge in [-0.2, -0.15) is 0 Å². The van der Waals surface area contributed by atoms with E-state index in [0.717, 1.165) is 25.8 Å². The molecule has 0 bridgehead atoms. The fraction of sp³-hybridized carbons (Fsp3) is 0.941. The van der Waals surface area contributed by atoms with E-state index in [2.05, 4.69) is 31.1 Å². The summed E-state index contributed by atoms with van der Waals surface area (Å²) in [5.74, 6) is 0.331. The Bertz CT molecular complexity index is 357. The van der Waals surface area contributed by atoms with Crippen molar-refractivity contribution in [1.82, 2.24) is 10.2 Å². The fourth-order valence-corrected chi connectivity index (χ4v) is 4.03. The van der Waals surface area contributed by atoms with Crippen molar-refractivity contribution in [3.05, 3.63) is 0 Å². The summed E-state index contributed by atoms with van der Waals surface area (Å²) in [6.07, 6.45) is 8.18. The summed E-state index contributed by atoms with van der Waals surface area (Å²) in [4.78, 5) is 14.4. The van der Waals surface area contributed by atoms with Crippen molar-refractivity contribution < 1.29 is 9.90 Å². The van der Waals surface area contributed by atoms with Crippen LogP contribution in [0.25, 0.3) is 0 Å². The van der Waals surface area contributed by atoms with Gasteiger partial charge in [0.25, 0.3) is 0 Å². The maximum Gasteiger partial charge on any atom is 0.325 e. The van der Waals surface area contributed by atoms with Gasteiger partial charge in [0.05, 0.1) is 0 Å². The lowest BCUT2D eigenvalue weighted by atomic mass is 9.83. The number of hydrogen-bond donors (Lipinski definition) is 2. The zero-order valence-corrected chi connectivity index (χ0v) is 13.9. The highest BCUT2D eigenvalue weighted by molar-refractivity contribution is 5.80. The van der Waals surface area contributed by atoms with Gasteiger partial charge >= 0.3 is 5.97 Å². The molecule has 122 valence electrons. The van der Waals surface area contributed by atoms with Crippen LogP contribution < -0.4 is 5.32 Å². The molecule has 0 aliphatic heterocycles. The second-order valence-corrected chi connectivity index (χ2v) is 7.22. The average Bonchev–Trinajstić information content (AvgIpc) is 3.28. The minimum absolute atomic E-state index is 0.308. The molecule has 0 radical (unpaired) electrons. The molecule has 2 aliphatic carbocycles. The molecular formula is C17H32N2O2. The molecule has 4 nitrogen and oxygen atoms in total. The van der Waals surface area contributed by atoms with E-state index in [1.807, 2.05) is 0 Å². The van der Waals surface area contributed by atoms with Gasteiger partial charge in [-0.15, -0.1) is 0 Å². The second kappa shape index (κ2) is 7.10. The Morgan fingerprint density at radius 1 is 1.29 bits per heavy atom. The topological polar surface area (TPSA) is 52.6 Å². The molecule has 2 saturated carbocycles. The Morgan fingerprint density at radius 2 is 1.95 bits per heavy atom. The van der Waals surface area contributed by atoms with Gasteiger partial charge in [-0.05, 0) is 57.5 Å². The van der Waals surface area contributed by atoms with Crippen molar-refractivity contribution in [2.45, 2.75) is 70.4 Å². The third-order valence-corrected chi connectivity index (χ3v) is 5.48. The maximum atomic E-state index is 12.0. The van der Waals surface area contributed by atoms with E-state index in [9.17, 15) is 9.90 Å². The molecule has 0 amide bonds. The minimum Gasteiger partial charge on any atom is -0.480 e. The molecule has 2 rings (SSSR count). The summed E-state index contributed by atoms with van der Waals surface area (Å²) in [6.45, 7) is 5.84. The van der Waals surface area contributed by atoms with E-state index >= 15 is 0 Å². The van der Waals surface area contributed by atoms with Gasteiger partial charge in [0, 0.05) is 12.6 Å². The summed E-state index contributed by atoms with van der Waals surface area (Å²) in [5, 5.41) is 13.3. The van der Waals surface area contributed by atoms with E-state index in [4.69, 9.17) is 0 Å². The molecular weight excluding hydrogens is 264 g/mol. The van der Waals surface area contributed by atoms with Crippen molar-refractivity contribution >= 4 is 5.97 Å². The van der Waals surface area contributed by atoms with Crippen LogP contribution in [-0.4, -0.2) is 47.7 Å². The van der Waals surface area contributed by atoms with E-state index in [-0.39, 0.29) is 0 Å². The molecule has 21 heavy (non-hydrogen) atoms. The number of nitrogens with one attached hydrogen (secondary N) is 1. The molecule has 0 aromatic carbocycles. The van der Waals surface area contributed by atoms with Crippen LogP contribution in [0, 0.1) is 11.8 Å². The molecule has 2 N–H and O–H groups in total. The first-order valence-corrected chi connectivity index (χ1v) is 8.70. The van der Waals surface area contributed by atoms with Crippen molar-refractivity contribution in [3.8, 4) is 0 Å². The molecule has 0 saturated heterocycles. The van der Waals surface area contributed by atoms with Crippen LogP contribution in [0.15, 0.2) is 0 Å². The van der Waals surface area contributed by atoms with Crippen LogP contribution >= 0.6 is 0 Å². The minimum atomic E-state index is -0.734. The van der Waals surface area contributed by atoms with Crippen LogP contribution in [0.3, 0.4) is 0 Å². The first-order chi connectivity index (χ1) is 10.0. The van der Waals surface area contributed by atoms with Crippen LogP contribution in [0.1, 0.15) is 58.8 Å². The number of carboxylic acids is 1. The maximum absolute atomic E-state index is 12.0. The number of nitrogens with zero attached hydrogens (tertiary/aromatic N) is 1. The van der Waals surface area contributed by atoms with Crippen molar-refractivity contribution in [1.29, 1.82) is 0 Å². The standard InChI is InChI=1S/C17H32N2O2/c1-4-11-18-17(16(20)21,14-9-10-14)12-19(3)15-8-6-5-7-13(15)2/h13-15,18H,4-12H2,1-3H3,(H,20,21). The first-order valence-electron chi connectivity index (χ1n) is 8.70. The average molecular weight is 296 g/mol.